The van der Waals surface area contributed by atoms with Crippen LogP contribution in [0.3, 0.4) is 0 Å². The molecule has 132 valence electrons. The molecule has 0 radical (unpaired) electrons. The zero-order valence-corrected chi connectivity index (χ0v) is 15.2. The second-order valence-corrected chi connectivity index (χ2v) is 5.71. The van der Waals surface area contributed by atoms with E-state index in [9.17, 15) is 0 Å². The molecule has 0 saturated heterocycles. The molecule has 2 N–H and O–H groups in total. The lowest BCUT2D eigenvalue weighted by Crippen LogP contribution is -2.18. The van der Waals surface area contributed by atoms with E-state index >= 15 is 0 Å². The molecule has 6 nitrogen and oxygen atoms in total. The standard InChI is InChI=1S/C19H18N4O2S/c1-24-16-12-17(25-2)23-18(22-16)13-7-6-10-15(11-13)21-19(26)20-14-8-4-3-5-9-14/h3-12H,1-2H3,(H2,20,21,26). The number of anilines is 2. The van der Waals surface area contributed by atoms with Crippen molar-refractivity contribution < 1.29 is 9.47 Å². The zero-order chi connectivity index (χ0) is 18.4. The van der Waals surface area contributed by atoms with Gasteiger partial charge in [-0.2, -0.15) is 9.97 Å². The predicted molar refractivity (Wildman–Crippen MR) is 107 cm³/mol. The highest BCUT2D eigenvalue weighted by atomic mass is 32.1. The van der Waals surface area contributed by atoms with Crippen molar-refractivity contribution in [2.75, 3.05) is 24.9 Å². The van der Waals surface area contributed by atoms with Gasteiger partial charge in [0.1, 0.15) is 0 Å². The fourth-order valence-corrected chi connectivity index (χ4v) is 2.53. The van der Waals surface area contributed by atoms with Crippen molar-refractivity contribution in [1.29, 1.82) is 0 Å². The van der Waals surface area contributed by atoms with E-state index in [-0.39, 0.29) is 0 Å². The Labute approximate surface area is 157 Å². The van der Waals surface area contributed by atoms with Crippen LogP contribution < -0.4 is 20.1 Å². The van der Waals surface area contributed by atoms with E-state index in [1.807, 2.05) is 54.6 Å². The fraction of sp³-hybridized carbons (Fsp3) is 0.105. The molecule has 2 aromatic carbocycles. The summed E-state index contributed by atoms with van der Waals surface area (Å²) in [7, 11) is 3.11. The van der Waals surface area contributed by atoms with Gasteiger partial charge in [0.05, 0.1) is 20.3 Å². The van der Waals surface area contributed by atoms with Crippen LogP contribution in [0.2, 0.25) is 0 Å². The number of para-hydroxylation sites is 1. The van der Waals surface area contributed by atoms with Gasteiger partial charge in [0, 0.05) is 16.9 Å². The number of methoxy groups -OCH3 is 2. The van der Waals surface area contributed by atoms with Crippen LogP contribution in [0.15, 0.2) is 60.7 Å². The van der Waals surface area contributed by atoms with Gasteiger partial charge in [-0.15, -0.1) is 0 Å². The molecule has 1 heterocycles. The van der Waals surface area contributed by atoms with Crippen LogP contribution in [0, 0.1) is 0 Å². The second-order valence-electron chi connectivity index (χ2n) is 5.30. The van der Waals surface area contributed by atoms with Crippen LogP contribution >= 0.6 is 12.2 Å². The first kappa shape index (κ1) is 17.6. The van der Waals surface area contributed by atoms with Crippen molar-refractivity contribution in [2.45, 2.75) is 0 Å². The summed E-state index contributed by atoms with van der Waals surface area (Å²) in [5.41, 5.74) is 2.55. The molecule has 0 aliphatic rings. The lowest BCUT2D eigenvalue weighted by molar-refractivity contribution is 0.372. The summed E-state index contributed by atoms with van der Waals surface area (Å²) >= 11 is 5.36. The third kappa shape index (κ3) is 4.46. The summed E-state index contributed by atoms with van der Waals surface area (Å²) in [6.45, 7) is 0. The Morgan fingerprint density at radius 1 is 0.808 bits per heavy atom. The number of nitrogens with zero attached hydrogens (tertiary/aromatic N) is 2. The van der Waals surface area contributed by atoms with E-state index in [0.29, 0.717) is 22.7 Å². The van der Waals surface area contributed by atoms with Crippen molar-refractivity contribution in [3.05, 3.63) is 60.7 Å². The van der Waals surface area contributed by atoms with E-state index in [2.05, 4.69) is 20.6 Å². The maximum Gasteiger partial charge on any atom is 0.220 e. The number of thiocarbonyl (C=S) groups is 1. The minimum Gasteiger partial charge on any atom is -0.481 e. The van der Waals surface area contributed by atoms with Crippen LogP contribution in [-0.4, -0.2) is 29.3 Å². The highest BCUT2D eigenvalue weighted by Gasteiger charge is 2.09. The van der Waals surface area contributed by atoms with E-state index in [1.165, 1.54) is 0 Å². The van der Waals surface area contributed by atoms with Crippen molar-refractivity contribution >= 4 is 28.7 Å². The van der Waals surface area contributed by atoms with Gasteiger partial charge < -0.3 is 20.1 Å². The van der Waals surface area contributed by atoms with Gasteiger partial charge >= 0.3 is 0 Å². The Morgan fingerprint density at radius 2 is 1.42 bits per heavy atom. The monoisotopic (exact) mass is 366 g/mol. The van der Waals surface area contributed by atoms with E-state index < -0.39 is 0 Å². The lowest BCUT2D eigenvalue weighted by atomic mass is 10.2. The molecule has 0 aliphatic carbocycles. The molecule has 3 rings (SSSR count). The molecule has 3 aromatic rings. The molecule has 0 fully saturated rings. The van der Waals surface area contributed by atoms with Crippen LogP contribution in [0.5, 0.6) is 11.8 Å². The Bertz CT molecular complexity index is 881. The summed E-state index contributed by atoms with van der Waals surface area (Å²) in [4.78, 5) is 8.74. The third-order valence-corrected chi connectivity index (χ3v) is 3.71. The van der Waals surface area contributed by atoms with Gasteiger partial charge in [0.25, 0.3) is 0 Å². The maximum atomic E-state index is 5.36. The predicted octanol–water partition coefficient (Wildman–Crippen LogP) is 3.97. The maximum absolute atomic E-state index is 5.36. The molecule has 0 aliphatic heterocycles. The molecule has 0 saturated carbocycles. The largest absolute Gasteiger partial charge is 0.481 e. The summed E-state index contributed by atoms with van der Waals surface area (Å²) in [5.74, 6) is 1.38. The molecule has 7 heteroatoms. The number of hydrogen-bond acceptors (Lipinski definition) is 5. The van der Waals surface area contributed by atoms with Gasteiger partial charge in [-0.05, 0) is 36.5 Å². The summed E-state index contributed by atoms with van der Waals surface area (Å²) < 4.78 is 10.4. The minimum atomic E-state index is 0.437. The topological polar surface area (TPSA) is 68.3 Å². The molecule has 0 bridgehead atoms. The van der Waals surface area contributed by atoms with Gasteiger partial charge in [0.15, 0.2) is 10.9 Å². The Kier molecular flexibility index (Phi) is 5.60. The molecule has 1 aromatic heterocycles. The second kappa shape index (κ2) is 8.26. The van der Waals surface area contributed by atoms with E-state index in [1.54, 1.807) is 20.3 Å². The van der Waals surface area contributed by atoms with Crippen LogP contribution in [-0.2, 0) is 0 Å². The third-order valence-electron chi connectivity index (χ3n) is 3.51. The Balaban J connectivity index is 1.79. The first-order chi connectivity index (χ1) is 12.7. The molecular weight excluding hydrogens is 348 g/mol. The number of aromatic nitrogens is 2. The van der Waals surface area contributed by atoms with Gasteiger partial charge in [-0.3, -0.25) is 0 Å². The average molecular weight is 366 g/mol. The highest BCUT2D eigenvalue weighted by molar-refractivity contribution is 7.80. The SMILES string of the molecule is COc1cc(OC)nc(-c2cccc(NC(=S)Nc3ccccc3)c2)n1. The number of benzene rings is 2. The molecule has 0 spiro atoms. The number of ether oxygens (including phenoxy) is 2. The van der Waals surface area contributed by atoms with E-state index in [4.69, 9.17) is 21.7 Å². The fourth-order valence-electron chi connectivity index (χ4n) is 2.29. The zero-order valence-electron chi connectivity index (χ0n) is 14.4. The van der Waals surface area contributed by atoms with Crippen molar-refractivity contribution in [1.82, 2.24) is 9.97 Å². The van der Waals surface area contributed by atoms with Gasteiger partial charge in [0.2, 0.25) is 11.8 Å². The first-order valence-electron chi connectivity index (χ1n) is 7.88. The Morgan fingerprint density at radius 3 is 2.08 bits per heavy atom. The normalized spacial score (nSPS) is 10.1. The summed E-state index contributed by atoms with van der Waals surface area (Å²) in [5, 5.41) is 6.79. The molecule has 0 atom stereocenters. The highest BCUT2D eigenvalue weighted by Crippen LogP contribution is 2.24. The average Bonchev–Trinajstić information content (AvgIpc) is 2.68. The van der Waals surface area contributed by atoms with Crippen molar-refractivity contribution in [2.24, 2.45) is 0 Å². The van der Waals surface area contributed by atoms with Crippen LogP contribution in [0.4, 0.5) is 11.4 Å². The smallest absolute Gasteiger partial charge is 0.220 e. The molecular formula is C19H18N4O2S. The Hall–Kier alpha value is -3.19. The number of rotatable bonds is 5. The number of hydrogen-bond donors (Lipinski definition) is 2. The molecule has 0 unspecified atom stereocenters. The first-order valence-corrected chi connectivity index (χ1v) is 8.29. The van der Waals surface area contributed by atoms with Crippen LogP contribution in [0.25, 0.3) is 11.4 Å². The molecule has 0 amide bonds. The lowest BCUT2D eigenvalue weighted by Gasteiger charge is -2.12. The van der Waals surface area contributed by atoms with Crippen molar-refractivity contribution in [3.63, 3.8) is 0 Å². The summed E-state index contributed by atoms with van der Waals surface area (Å²) in [6.07, 6.45) is 0. The molecule has 26 heavy (non-hydrogen) atoms. The minimum absolute atomic E-state index is 0.437. The van der Waals surface area contributed by atoms with Crippen molar-refractivity contribution in [3.8, 4) is 23.1 Å². The quantitative estimate of drug-likeness (QED) is 0.662. The van der Waals surface area contributed by atoms with Crippen LogP contribution in [0.1, 0.15) is 0 Å². The number of nitrogens with one attached hydrogen (secondary N) is 2. The van der Waals surface area contributed by atoms with E-state index in [0.717, 1.165) is 16.9 Å². The van der Waals surface area contributed by atoms with Gasteiger partial charge in [-0.25, -0.2) is 0 Å². The van der Waals surface area contributed by atoms with Gasteiger partial charge in [-0.1, -0.05) is 30.3 Å². The summed E-state index contributed by atoms with van der Waals surface area (Å²) in [6, 6.07) is 19.0.